The molecule has 3 aromatic carbocycles. The molecular weight excluding hydrogens is 478 g/mol. The Morgan fingerprint density at radius 2 is 1.56 bits per heavy atom. The number of ether oxygens (including phenoxy) is 1. The first-order valence-corrected chi connectivity index (χ1v) is 10.5. The van der Waals surface area contributed by atoms with E-state index >= 15 is 0 Å². The summed E-state index contributed by atoms with van der Waals surface area (Å²) in [5.74, 6) is -0.784. The van der Waals surface area contributed by atoms with Crippen molar-refractivity contribution < 1.29 is 18.3 Å². The van der Waals surface area contributed by atoms with E-state index in [1.54, 1.807) is 12.3 Å². The van der Waals surface area contributed by atoms with Crippen molar-refractivity contribution in [2.45, 2.75) is 6.54 Å². The van der Waals surface area contributed by atoms with Gasteiger partial charge in [-0.3, -0.25) is 0 Å². The van der Waals surface area contributed by atoms with Crippen LogP contribution in [0.25, 0.3) is 11.8 Å². The quantitative estimate of drug-likeness (QED) is 0.232. The normalized spacial score (nSPS) is 11.4. The van der Waals surface area contributed by atoms with E-state index in [9.17, 15) is 13.6 Å². The zero-order valence-electron chi connectivity index (χ0n) is 16.7. The van der Waals surface area contributed by atoms with E-state index in [0.29, 0.717) is 17.9 Å². The third-order valence-corrected chi connectivity index (χ3v) is 5.49. The maximum absolute atomic E-state index is 13.5. The third-order valence-electron chi connectivity index (χ3n) is 4.72. The van der Waals surface area contributed by atoms with Crippen LogP contribution in [0.3, 0.4) is 0 Å². The number of rotatable bonds is 6. The summed E-state index contributed by atoms with van der Waals surface area (Å²) in [6.45, 7) is 0.538. The van der Waals surface area contributed by atoms with E-state index < -0.39 is 17.6 Å². The van der Waals surface area contributed by atoms with Crippen molar-refractivity contribution in [1.82, 2.24) is 9.55 Å². The molecule has 0 bridgehead atoms. The molecule has 4 nitrogen and oxygen atoms in total. The third kappa shape index (κ3) is 5.18. The van der Waals surface area contributed by atoms with Gasteiger partial charge < -0.3 is 9.30 Å². The maximum Gasteiger partial charge on any atom is 0.343 e. The molecule has 160 valence electrons. The van der Waals surface area contributed by atoms with Gasteiger partial charge in [0.15, 0.2) is 0 Å². The monoisotopic (exact) mass is 494 g/mol. The molecule has 7 heteroatoms. The Labute approximate surface area is 191 Å². The van der Waals surface area contributed by atoms with E-state index in [-0.39, 0.29) is 11.3 Å². The van der Waals surface area contributed by atoms with Gasteiger partial charge in [0.1, 0.15) is 23.2 Å². The Morgan fingerprint density at radius 1 is 0.938 bits per heavy atom. The Balaban J connectivity index is 1.68. The number of carbonyl (C=O) groups excluding carboxylic acids is 1. The van der Waals surface area contributed by atoms with Gasteiger partial charge in [-0.1, -0.05) is 34.1 Å². The molecule has 0 saturated carbocycles. The van der Waals surface area contributed by atoms with Crippen LogP contribution in [0.1, 0.15) is 27.3 Å². The smallest absolute Gasteiger partial charge is 0.343 e. The SMILES string of the molecule is O=C(O/C(=C\c1nccn1Cc1ccccc1Br)c1ccc(F)cc1)c1ccc(F)cc1. The molecule has 0 N–H and O–H groups in total. The van der Waals surface area contributed by atoms with Crippen molar-refractivity contribution in [1.29, 1.82) is 0 Å². The standard InChI is InChI=1S/C25H17BrF2N2O2/c26-22-4-2-1-3-19(22)16-30-14-13-29-24(30)15-23(17-5-9-20(27)10-6-17)32-25(31)18-7-11-21(28)12-8-18/h1-15H,16H2/b23-15-. The van der Waals surface area contributed by atoms with Gasteiger partial charge in [-0.05, 0) is 60.2 Å². The summed E-state index contributed by atoms with van der Waals surface area (Å²) >= 11 is 3.54. The van der Waals surface area contributed by atoms with Crippen LogP contribution in [0.4, 0.5) is 8.78 Å². The molecule has 0 saturated heterocycles. The predicted molar refractivity (Wildman–Crippen MR) is 122 cm³/mol. The molecular formula is C25H17BrF2N2O2. The second-order valence-corrected chi connectivity index (χ2v) is 7.77. The summed E-state index contributed by atoms with van der Waals surface area (Å²) < 4.78 is 35.1. The molecule has 0 unspecified atom stereocenters. The average molecular weight is 495 g/mol. The van der Waals surface area contributed by atoms with Crippen LogP contribution >= 0.6 is 15.9 Å². The summed E-state index contributed by atoms with van der Waals surface area (Å²) in [6, 6.07) is 18.5. The van der Waals surface area contributed by atoms with Crippen LogP contribution in [-0.4, -0.2) is 15.5 Å². The Kier molecular flexibility index (Phi) is 6.56. The molecule has 4 rings (SSSR count). The van der Waals surface area contributed by atoms with Gasteiger partial charge in [0.25, 0.3) is 0 Å². The lowest BCUT2D eigenvalue weighted by atomic mass is 10.1. The van der Waals surface area contributed by atoms with E-state index in [4.69, 9.17) is 4.74 Å². The Morgan fingerprint density at radius 3 is 2.22 bits per heavy atom. The lowest BCUT2D eigenvalue weighted by Gasteiger charge is -2.11. The first-order chi connectivity index (χ1) is 15.5. The van der Waals surface area contributed by atoms with Crippen LogP contribution < -0.4 is 0 Å². The van der Waals surface area contributed by atoms with Crippen LogP contribution in [0.15, 0.2) is 89.7 Å². The fourth-order valence-electron chi connectivity index (χ4n) is 3.05. The minimum absolute atomic E-state index is 0.191. The van der Waals surface area contributed by atoms with Crippen LogP contribution in [-0.2, 0) is 11.3 Å². The minimum atomic E-state index is -0.663. The summed E-state index contributed by atoms with van der Waals surface area (Å²) in [6.07, 6.45) is 5.08. The van der Waals surface area contributed by atoms with E-state index in [0.717, 1.165) is 10.0 Å². The van der Waals surface area contributed by atoms with E-state index in [2.05, 4.69) is 20.9 Å². The van der Waals surface area contributed by atoms with Gasteiger partial charge in [0, 0.05) is 28.5 Å². The van der Waals surface area contributed by atoms with Crippen molar-refractivity contribution in [2.75, 3.05) is 0 Å². The van der Waals surface area contributed by atoms with Crippen LogP contribution in [0.5, 0.6) is 0 Å². The number of carbonyl (C=O) groups is 1. The predicted octanol–water partition coefficient (Wildman–Crippen LogP) is 6.33. The number of esters is 1. The van der Waals surface area contributed by atoms with Crippen LogP contribution in [0, 0.1) is 11.6 Å². The molecule has 4 aromatic rings. The van der Waals surface area contributed by atoms with Gasteiger partial charge in [-0.25, -0.2) is 18.6 Å². The summed E-state index contributed by atoms with van der Waals surface area (Å²) in [4.78, 5) is 17.0. The van der Waals surface area contributed by atoms with E-state index in [1.165, 1.54) is 48.5 Å². The van der Waals surface area contributed by atoms with Gasteiger partial charge in [-0.2, -0.15) is 0 Å². The highest BCUT2D eigenvalue weighted by molar-refractivity contribution is 9.10. The Hall–Kier alpha value is -3.58. The molecule has 0 aliphatic carbocycles. The first kappa shape index (κ1) is 21.6. The number of hydrogen-bond acceptors (Lipinski definition) is 3. The highest BCUT2D eigenvalue weighted by atomic mass is 79.9. The highest BCUT2D eigenvalue weighted by Gasteiger charge is 2.15. The van der Waals surface area contributed by atoms with Crippen molar-refractivity contribution in [3.05, 3.63) is 124 Å². The van der Waals surface area contributed by atoms with Gasteiger partial charge in [0.2, 0.25) is 0 Å². The molecule has 1 heterocycles. The number of aromatic nitrogens is 2. The second-order valence-electron chi connectivity index (χ2n) is 6.92. The Bertz CT molecular complexity index is 1270. The molecule has 0 fully saturated rings. The number of hydrogen-bond donors (Lipinski definition) is 0. The van der Waals surface area contributed by atoms with E-state index in [1.807, 2.05) is 35.0 Å². The number of halogens is 3. The molecule has 1 aromatic heterocycles. The highest BCUT2D eigenvalue weighted by Crippen LogP contribution is 2.23. The zero-order valence-corrected chi connectivity index (χ0v) is 18.3. The number of imidazole rings is 1. The largest absolute Gasteiger partial charge is 0.422 e. The van der Waals surface area contributed by atoms with Crippen LogP contribution in [0.2, 0.25) is 0 Å². The fraction of sp³-hybridized carbons (Fsp3) is 0.0400. The zero-order chi connectivity index (χ0) is 22.5. The first-order valence-electron chi connectivity index (χ1n) is 9.69. The van der Waals surface area contributed by atoms with Crippen molar-refractivity contribution in [2.24, 2.45) is 0 Å². The second kappa shape index (κ2) is 9.70. The average Bonchev–Trinajstić information content (AvgIpc) is 3.22. The molecule has 0 spiro atoms. The lowest BCUT2D eigenvalue weighted by Crippen LogP contribution is -2.06. The molecule has 0 atom stereocenters. The fourth-order valence-corrected chi connectivity index (χ4v) is 3.46. The summed E-state index contributed by atoms with van der Waals surface area (Å²) in [7, 11) is 0. The molecule has 0 aliphatic rings. The number of benzene rings is 3. The maximum atomic E-state index is 13.5. The molecule has 0 radical (unpaired) electrons. The summed E-state index contributed by atoms with van der Waals surface area (Å²) in [5, 5.41) is 0. The van der Waals surface area contributed by atoms with Gasteiger partial charge in [0.05, 0.1) is 12.1 Å². The van der Waals surface area contributed by atoms with Gasteiger partial charge in [-0.15, -0.1) is 0 Å². The van der Waals surface area contributed by atoms with Crippen molar-refractivity contribution in [3.63, 3.8) is 0 Å². The topological polar surface area (TPSA) is 44.1 Å². The lowest BCUT2D eigenvalue weighted by molar-refractivity contribution is 0.0693. The van der Waals surface area contributed by atoms with Gasteiger partial charge >= 0.3 is 5.97 Å². The number of nitrogens with zero attached hydrogens (tertiary/aromatic N) is 2. The van der Waals surface area contributed by atoms with Crippen molar-refractivity contribution in [3.8, 4) is 0 Å². The molecule has 0 amide bonds. The molecule has 0 aliphatic heterocycles. The minimum Gasteiger partial charge on any atom is -0.422 e. The molecule has 32 heavy (non-hydrogen) atoms. The van der Waals surface area contributed by atoms with Crippen molar-refractivity contribution >= 4 is 33.7 Å². The summed E-state index contributed by atoms with van der Waals surface area (Å²) in [5.41, 5.74) is 1.74.